The number of nitrogens with zero attached hydrogens (tertiary/aromatic N) is 3. The van der Waals surface area contributed by atoms with Gasteiger partial charge in [0.25, 0.3) is 0 Å². The topological polar surface area (TPSA) is 65.1 Å². The van der Waals surface area contributed by atoms with Gasteiger partial charge < -0.3 is 20.7 Å². The average molecular weight is 284 g/mol. The molecule has 0 aromatic heterocycles. The van der Waals surface area contributed by atoms with Gasteiger partial charge in [0, 0.05) is 31.2 Å². The summed E-state index contributed by atoms with van der Waals surface area (Å²) in [4.78, 5) is 3.82. The average Bonchev–Trinajstić information content (AvgIpc) is 2.39. The molecule has 1 aromatic rings. The number of hydrogen-bond donors (Lipinski definition) is 2. The molecule has 2 rings (SSSR count). The van der Waals surface area contributed by atoms with E-state index in [1.54, 1.807) is 4.90 Å². The van der Waals surface area contributed by atoms with Crippen molar-refractivity contribution in [3.63, 3.8) is 0 Å². The minimum Gasteiger partial charge on any atom is -0.409 e. The fraction of sp³-hybridized carbons (Fsp3) is 0.462. The number of amidine groups is 1. The van der Waals surface area contributed by atoms with Gasteiger partial charge in [-0.1, -0.05) is 5.16 Å². The van der Waals surface area contributed by atoms with Gasteiger partial charge in [0.15, 0.2) is 5.84 Å². The van der Waals surface area contributed by atoms with Crippen molar-refractivity contribution in [1.82, 2.24) is 4.90 Å². The molecule has 1 heterocycles. The minimum absolute atomic E-state index is 0.00690. The fourth-order valence-electron chi connectivity index (χ4n) is 2.52. The molecule has 1 fully saturated rings. The highest BCUT2D eigenvalue weighted by Crippen LogP contribution is 2.28. The maximum Gasteiger partial charge on any atom is 0.170 e. The van der Waals surface area contributed by atoms with Gasteiger partial charge in [-0.25, -0.2) is 8.78 Å². The summed E-state index contributed by atoms with van der Waals surface area (Å²) in [6, 6.07) is 2.17. The second-order valence-electron chi connectivity index (χ2n) is 5.08. The lowest BCUT2D eigenvalue weighted by Gasteiger charge is -2.40. The van der Waals surface area contributed by atoms with Crippen LogP contribution in [0.1, 0.15) is 12.5 Å². The van der Waals surface area contributed by atoms with Crippen LogP contribution in [0.15, 0.2) is 17.3 Å². The molecule has 0 radical (unpaired) electrons. The van der Waals surface area contributed by atoms with Crippen LogP contribution in [0.4, 0.5) is 14.5 Å². The molecule has 1 aromatic carbocycles. The molecule has 110 valence electrons. The molecular weight excluding hydrogens is 266 g/mol. The van der Waals surface area contributed by atoms with Gasteiger partial charge >= 0.3 is 0 Å². The number of oxime groups is 1. The van der Waals surface area contributed by atoms with E-state index in [4.69, 9.17) is 10.9 Å². The molecule has 1 aliphatic heterocycles. The summed E-state index contributed by atoms with van der Waals surface area (Å²) in [5.41, 5.74) is 5.32. The first-order valence-corrected chi connectivity index (χ1v) is 6.36. The highest BCUT2D eigenvalue weighted by Gasteiger charge is 2.27. The highest BCUT2D eigenvalue weighted by atomic mass is 19.1. The van der Waals surface area contributed by atoms with Crippen LogP contribution in [0.2, 0.25) is 0 Å². The summed E-state index contributed by atoms with van der Waals surface area (Å²) in [6.45, 7) is 3.95. The molecule has 0 saturated carbocycles. The van der Waals surface area contributed by atoms with E-state index in [2.05, 4.69) is 10.1 Å². The van der Waals surface area contributed by atoms with Crippen molar-refractivity contribution in [2.75, 3.05) is 31.6 Å². The first kappa shape index (κ1) is 14.5. The first-order chi connectivity index (χ1) is 9.43. The number of nitrogens with two attached hydrogens (primary N) is 1. The van der Waals surface area contributed by atoms with Crippen LogP contribution in [0, 0.1) is 11.6 Å². The quantitative estimate of drug-likeness (QED) is 0.371. The zero-order valence-corrected chi connectivity index (χ0v) is 11.5. The Bertz CT molecular complexity index is 512. The maximum absolute atomic E-state index is 14.2. The lowest BCUT2D eigenvalue weighted by Crippen LogP contribution is -2.51. The number of piperazine rings is 1. The van der Waals surface area contributed by atoms with Crippen molar-refractivity contribution in [1.29, 1.82) is 0 Å². The Hall–Kier alpha value is -1.89. The van der Waals surface area contributed by atoms with E-state index in [0.29, 0.717) is 6.54 Å². The lowest BCUT2D eigenvalue weighted by molar-refractivity contribution is 0.273. The van der Waals surface area contributed by atoms with E-state index >= 15 is 0 Å². The Labute approximate surface area is 116 Å². The molecule has 1 unspecified atom stereocenters. The zero-order chi connectivity index (χ0) is 14.9. The molecular formula is C13H18F2N4O. The number of hydrogen-bond acceptors (Lipinski definition) is 4. The van der Waals surface area contributed by atoms with E-state index in [1.165, 1.54) is 0 Å². The molecule has 7 heteroatoms. The second-order valence-corrected chi connectivity index (χ2v) is 5.08. The molecule has 0 bridgehead atoms. The third-order valence-corrected chi connectivity index (χ3v) is 3.54. The van der Waals surface area contributed by atoms with Gasteiger partial charge in [0.2, 0.25) is 0 Å². The van der Waals surface area contributed by atoms with E-state index in [-0.39, 0.29) is 23.1 Å². The first-order valence-electron chi connectivity index (χ1n) is 6.36. The van der Waals surface area contributed by atoms with Crippen molar-refractivity contribution in [2.24, 2.45) is 10.9 Å². The number of benzene rings is 1. The second kappa shape index (κ2) is 5.62. The van der Waals surface area contributed by atoms with Gasteiger partial charge in [-0.3, -0.25) is 0 Å². The van der Waals surface area contributed by atoms with Gasteiger partial charge in [0.05, 0.1) is 0 Å². The summed E-state index contributed by atoms with van der Waals surface area (Å²) < 4.78 is 28.4. The third-order valence-electron chi connectivity index (χ3n) is 3.54. The van der Waals surface area contributed by atoms with Gasteiger partial charge in [0.1, 0.15) is 17.3 Å². The van der Waals surface area contributed by atoms with Crippen molar-refractivity contribution in [3.8, 4) is 0 Å². The minimum atomic E-state index is -0.706. The van der Waals surface area contributed by atoms with Crippen molar-refractivity contribution in [3.05, 3.63) is 29.3 Å². The molecule has 0 amide bonds. The van der Waals surface area contributed by atoms with E-state index in [9.17, 15) is 8.78 Å². The molecule has 0 aliphatic carbocycles. The van der Waals surface area contributed by atoms with Crippen LogP contribution in [-0.4, -0.2) is 48.7 Å². The largest absolute Gasteiger partial charge is 0.409 e. The fourth-order valence-corrected chi connectivity index (χ4v) is 2.52. The summed E-state index contributed by atoms with van der Waals surface area (Å²) in [5, 5.41) is 11.3. The Morgan fingerprint density at radius 3 is 2.45 bits per heavy atom. The standard InChI is InChI=1S/C13H18F2N4O/c1-8-7-18(2)3-4-19(8)12-10(14)5-9(6-11(12)15)13(16)17-20/h5-6,8,20H,3-4,7H2,1-2H3,(H2,16,17). The molecule has 3 N–H and O–H groups in total. The molecule has 1 saturated heterocycles. The third kappa shape index (κ3) is 2.67. The zero-order valence-electron chi connectivity index (χ0n) is 11.5. The summed E-state index contributed by atoms with van der Waals surface area (Å²) in [6.07, 6.45) is 0. The van der Waals surface area contributed by atoms with Crippen molar-refractivity contribution < 1.29 is 14.0 Å². The Balaban J connectivity index is 2.38. The van der Waals surface area contributed by atoms with Gasteiger partial charge in [-0.05, 0) is 26.1 Å². The van der Waals surface area contributed by atoms with Crippen LogP contribution >= 0.6 is 0 Å². The molecule has 1 atom stereocenters. The smallest absolute Gasteiger partial charge is 0.170 e. The predicted molar refractivity (Wildman–Crippen MR) is 73.2 cm³/mol. The van der Waals surface area contributed by atoms with Gasteiger partial charge in [-0.15, -0.1) is 0 Å². The van der Waals surface area contributed by atoms with Crippen LogP contribution in [0.5, 0.6) is 0 Å². The molecule has 5 nitrogen and oxygen atoms in total. The normalized spacial score (nSPS) is 21.3. The lowest BCUT2D eigenvalue weighted by atomic mass is 10.1. The molecule has 20 heavy (non-hydrogen) atoms. The maximum atomic E-state index is 14.2. The van der Waals surface area contributed by atoms with E-state index in [1.807, 2.05) is 14.0 Å². The number of likely N-dealkylation sites (N-methyl/N-ethyl adjacent to an activating group) is 1. The molecule has 0 spiro atoms. The Morgan fingerprint density at radius 1 is 1.35 bits per heavy atom. The summed E-state index contributed by atoms with van der Waals surface area (Å²) in [7, 11) is 1.97. The number of anilines is 1. The van der Waals surface area contributed by atoms with Crippen LogP contribution < -0.4 is 10.6 Å². The van der Waals surface area contributed by atoms with Crippen molar-refractivity contribution in [2.45, 2.75) is 13.0 Å². The predicted octanol–water partition coefficient (Wildman–Crippen LogP) is 1.20. The number of rotatable bonds is 2. The highest BCUT2D eigenvalue weighted by molar-refractivity contribution is 5.97. The SMILES string of the molecule is CC1CN(C)CCN1c1c(F)cc(C(N)=NO)cc1F. The monoisotopic (exact) mass is 284 g/mol. The van der Waals surface area contributed by atoms with Crippen LogP contribution in [-0.2, 0) is 0 Å². The summed E-state index contributed by atoms with van der Waals surface area (Å²) in [5.74, 6) is -1.73. The van der Waals surface area contributed by atoms with Crippen molar-refractivity contribution >= 4 is 11.5 Å². The summed E-state index contributed by atoms with van der Waals surface area (Å²) >= 11 is 0. The van der Waals surface area contributed by atoms with Crippen LogP contribution in [0.25, 0.3) is 0 Å². The number of halogens is 2. The Morgan fingerprint density at radius 2 is 1.95 bits per heavy atom. The van der Waals surface area contributed by atoms with E-state index < -0.39 is 11.6 Å². The Kier molecular flexibility index (Phi) is 4.08. The molecule has 1 aliphatic rings. The van der Waals surface area contributed by atoms with E-state index in [0.717, 1.165) is 25.2 Å². The van der Waals surface area contributed by atoms with Gasteiger partial charge in [-0.2, -0.15) is 0 Å². The van der Waals surface area contributed by atoms with Crippen LogP contribution in [0.3, 0.4) is 0 Å².